The van der Waals surface area contributed by atoms with Gasteiger partial charge in [0, 0.05) is 28.4 Å². The molecule has 4 nitrogen and oxygen atoms in total. The van der Waals surface area contributed by atoms with Gasteiger partial charge >= 0.3 is 6.18 Å². The van der Waals surface area contributed by atoms with Crippen molar-refractivity contribution in [3.8, 4) is 0 Å². The molecule has 1 amide bonds. The highest BCUT2D eigenvalue weighted by Crippen LogP contribution is 2.34. The second-order valence-electron chi connectivity index (χ2n) is 7.67. The van der Waals surface area contributed by atoms with Crippen molar-refractivity contribution >= 4 is 22.5 Å². The number of rotatable bonds is 4. The SMILES string of the molecule is Cc1ccccc1C(=O)NC1=C[C@@H](Nc2cc(C(F)(F)F)nc3ccccc23)CCC1. The molecule has 7 heteroatoms. The number of pyridine rings is 1. The zero-order valence-corrected chi connectivity index (χ0v) is 17.0. The number of allylic oxidation sites excluding steroid dienone is 1. The first-order chi connectivity index (χ1) is 14.8. The van der Waals surface area contributed by atoms with Crippen molar-refractivity contribution in [2.24, 2.45) is 0 Å². The lowest BCUT2D eigenvalue weighted by molar-refractivity contribution is -0.140. The molecular formula is C24H22F3N3O. The fourth-order valence-corrected chi connectivity index (χ4v) is 3.82. The van der Waals surface area contributed by atoms with Gasteiger partial charge in [-0.25, -0.2) is 4.98 Å². The van der Waals surface area contributed by atoms with Crippen LogP contribution in [-0.4, -0.2) is 16.9 Å². The summed E-state index contributed by atoms with van der Waals surface area (Å²) in [4.78, 5) is 16.4. The molecule has 1 aliphatic rings. The molecule has 1 atom stereocenters. The Kier molecular flexibility index (Phi) is 5.67. The number of carbonyl (C=O) groups is 1. The minimum absolute atomic E-state index is 0.182. The van der Waals surface area contributed by atoms with Gasteiger partial charge in [-0.3, -0.25) is 4.79 Å². The number of para-hydroxylation sites is 1. The highest BCUT2D eigenvalue weighted by atomic mass is 19.4. The van der Waals surface area contributed by atoms with Crippen LogP contribution < -0.4 is 10.6 Å². The predicted molar refractivity (Wildman–Crippen MR) is 115 cm³/mol. The Morgan fingerprint density at radius 3 is 2.61 bits per heavy atom. The molecule has 1 heterocycles. The Hall–Kier alpha value is -3.35. The van der Waals surface area contributed by atoms with Gasteiger partial charge in [-0.05, 0) is 56.0 Å². The largest absolute Gasteiger partial charge is 0.433 e. The number of alkyl halides is 3. The molecular weight excluding hydrogens is 403 g/mol. The van der Waals surface area contributed by atoms with E-state index in [1.165, 1.54) is 0 Å². The number of halogens is 3. The second-order valence-corrected chi connectivity index (χ2v) is 7.67. The summed E-state index contributed by atoms with van der Waals surface area (Å²) in [5.41, 5.74) is 1.99. The van der Waals surface area contributed by atoms with Crippen molar-refractivity contribution in [2.45, 2.75) is 38.4 Å². The fraction of sp³-hybridized carbons (Fsp3) is 0.250. The van der Waals surface area contributed by atoms with Gasteiger partial charge in [-0.2, -0.15) is 13.2 Å². The van der Waals surface area contributed by atoms with Gasteiger partial charge in [-0.1, -0.05) is 36.4 Å². The molecule has 4 rings (SSSR count). The van der Waals surface area contributed by atoms with Crippen LogP contribution >= 0.6 is 0 Å². The maximum Gasteiger partial charge on any atom is 0.433 e. The molecule has 2 N–H and O–H groups in total. The van der Waals surface area contributed by atoms with Crippen molar-refractivity contribution < 1.29 is 18.0 Å². The summed E-state index contributed by atoms with van der Waals surface area (Å²) in [6.07, 6.45) is -0.368. The summed E-state index contributed by atoms with van der Waals surface area (Å²) in [5.74, 6) is -0.182. The molecule has 1 aliphatic carbocycles. The van der Waals surface area contributed by atoms with E-state index in [2.05, 4.69) is 15.6 Å². The summed E-state index contributed by atoms with van der Waals surface area (Å²) >= 11 is 0. The molecule has 0 saturated carbocycles. The summed E-state index contributed by atoms with van der Waals surface area (Å²) in [5, 5.41) is 6.80. The average Bonchev–Trinajstić information content (AvgIpc) is 2.73. The zero-order valence-electron chi connectivity index (χ0n) is 17.0. The van der Waals surface area contributed by atoms with Crippen LogP contribution in [0.3, 0.4) is 0 Å². The van der Waals surface area contributed by atoms with Crippen LogP contribution in [-0.2, 0) is 6.18 Å². The Morgan fingerprint density at radius 2 is 1.84 bits per heavy atom. The van der Waals surface area contributed by atoms with Gasteiger partial charge in [-0.15, -0.1) is 0 Å². The number of nitrogens with one attached hydrogen (secondary N) is 2. The molecule has 0 spiro atoms. The van der Waals surface area contributed by atoms with Crippen molar-refractivity contribution in [3.05, 3.63) is 83.2 Å². The third-order valence-corrected chi connectivity index (χ3v) is 5.37. The Balaban J connectivity index is 1.59. The number of carbonyl (C=O) groups excluding carboxylic acids is 1. The molecule has 31 heavy (non-hydrogen) atoms. The van der Waals surface area contributed by atoms with E-state index >= 15 is 0 Å². The summed E-state index contributed by atoms with van der Waals surface area (Å²) in [6.45, 7) is 1.88. The third-order valence-electron chi connectivity index (χ3n) is 5.37. The first-order valence-electron chi connectivity index (χ1n) is 10.1. The van der Waals surface area contributed by atoms with Gasteiger partial charge in [0.15, 0.2) is 0 Å². The molecule has 0 fully saturated rings. The number of fused-ring (bicyclic) bond motifs is 1. The summed E-state index contributed by atoms with van der Waals surface area (Å²) in [7, 11) is 0. The molecule has 2 aromatic carbocycles. The predicted octanol–water partition coefficient (Wildman–Crippen LogP) is 5.84. The van der Waals surface area contributed by atoms with Crippen molar-refractivity contribution in [1.82, 2.24) is 10.3 Å². The first-order valence-corrected chi connectivity index (χ1v) is 10.1. The number of amides is 1. The van der Waals surface area contributed by atoms with E-state index in [4.69, 9.17) is 0 Å². The number of aryl methyl sites for hydroxylation is 1. The Bertz CT molecular complexity index is 1150. The van der Waals surface area contributed by atoms with Crippen LogP contribution in [0.25, 0.3) is 10.9 Å². The minimum atomic E-state index is -4.53. The highest BCUT2D eigenvalue weighted by Gasteiger charge is 2.33. The van der Waals surface area contributed by atoms with E-state index in [1.807, 2.05) is 31.2 Å². The number of aromatic nitrogens is 1. The standard InChI is InChI=1S/C24H22F3N3O/c1-15-7-2-3-10-18(15)23(31)29-17-9-6-8-16(13-17)28-21-14-22(24(25,26)27)30-20-12-5-4-11-19(20)21/h2-5,7,10-14,16H,6,8-9H2,1H3,(H,28,30)(H,29,31)/t16-/m0/s1. The van der Waals surface area contributed by atoms with Gasteiger partial charge in [0.1, 0.15) is 5.69 Å². The molecule has 0 aliphatic heterocycles. The molecule has 3 aromatic rings. The number of nitrogens with zero attached hydrogens (tertiary/aromatic N) is 1. The quantitative estimate of drug-likeness (QED) is 0.552. The van der Waals surface area contributed by atoms with E-state index in [-0.39, 0.29) is 17.5 Å². The van der Waals surface area contributed by atoms with E-state index in [0.717, 1.165) is 30.2 Å². The fourth-order valence-electron chi connectivity index (χ4n) is 3.82. The van der Waals surface area contributed by atoms with Gasteiger partial charge in [0.05, 0.1) is 5.52 Å². The topological polar surface area (TPSA) is 54.0 Å². The number of hydrogen-bond donors (Lipinski definition) is 2. The molecule has 1 aromatic heterocycles. The first kappa shape index (κ1) is 20.9. The van der Waals surface area contributed by atoms with Crippen LogP contribution in [0, 0.1) is 6.92 Å². The molecule has 0 saturated heterocycles. The van der Waals surface area contributed by atoms with E-state index < -0.39 is 11.9 Å². The number of hydrogen-bond acceptors (Lipinski definition) is 3. The molecule has 160 valence electrons. The maximum absolute atomic E-state index is 13.3. The number of anilines is 1. The second kappa shape index (κ2) is 8.41. The van der Waals surface area contributed by atoms with Crippen LogP contribution in [0.4, 0.5) is 18.9 Å². The van der Waals surface area contributed by atoms with Crippen LogP contribution in [0.5, 0.6) is 0 Å². The van der Waals surface area contributed by atoms with E-state index in [0.29, 0.717) is 23.1 Å². The van der Waals surface area contributed by atoms with Gasteiger partial charge in [0.2, 0.25) is 0 Å². The monoisotopic (exact) mass is 425 g/mol. The van der Waals surface area contributed by atoms with Gasteiger partial charge < -0.3 is 10.6 Å². The lowest BCUT2D eigenvalue weighted by atomic mass is 9.98. The lowest BCUT2D eigenvalue weighted by Crippen LogP contribution is -2.29. The van der Waals surface area contributed by atoms with Crippen molar-refractivity contribution in [3.63, 3.8) is 0 Å². The summed E-state index contributed by atoms with van der Waals surface area (Å²) in [6, 6.07) is 14.9. The third kappa shape index (κ3) is 4.71. The Labute approximate surface area is 178 Å². The van der Waals surface area contributed by atoms with Crippen molar-refractivity contribution in [1.29, 1.82) is 0 Å². The summed E-state index contributed by atoms with van der Waals surface area (Å²) < 4.78 is 40.0. The molecule has 0 bridgehead atoms. The smallest absolute Gasteiger partial charge is 0.378 e. The highest BCUT2D eigenvalue weighted by molar-refractivity contribution is 5.96. The minimum Gasteiger partial charge on any atom is -0.378 e. The van der Waals surface area contributed by atoms with E-state index in [9.17, 15) is 18.0 Å². The van der Waals surface area contributed by atoms with Crippen LogP contribution in [0.15, 0.2) is 66.4 Å². The molecule has 0 radical (unpaired) electrons. The number of benzene rings is 2. The van der Waals surface area contributed by atoms with Gasteiger partial charge in [0.25, 0.3) is 5.91 Å². The average molecular weight is 425 g/mol. The lowest BCUT2D eigenvalue weighted by Gasteiger charge is -2.24. The van der Waals surface area contributed by atoms with E-state index in [1.54, 1.807) is 30.3 Å². The molecule has 0 unspecified atom stereocenters. The normalized spacial score (nSPS) is 16.6. The Morgan fingerprint density at radius 1 is 1.10 bits per heavy atom. The van der Waals surface area contributed by atoms with Crippen molar-refractivity contribution in [2.75, 3.05) is 5.32 Å². The van der Waals surface area contributed by atoms with Crippen LogP contribution in [0.2, 0.25) is 0 Å². The zero-order chi connectivity index (χ0) is 22.0. The van der Waals surface area contributed by atoms with Crippen LogP contribution in [0.1, 0.15) is 40.9 Å². The maximum atomic E-state index is 13.3.